The van der Waals surface area contributed by atoms with E-state index in [0.29, 0.717) is 12.1 Å². The highest BCUT2D eigenvalue weighted by Gasteiger charge is 2.29. The number of para-hydroxylation sites is 1. The third-order valence-electron chi connectivity index (χ3n) is 3.57. The maximum Gasteiger partial charge on any atom is 0.338 e. The second kappa shape index (κ2) is 7.39. The lowest BCUT2D eigenvalue weighted by Gasteiger charge is -2.12. The Morgan fingerprint density at radius 3 is 2.16 bits per heavy atom. The van der Waals surface area contributed by atoms with Gasteiger partial charge in [-0.2, -0.15) is 0 Å². The molecule has 0 aliphatic heterocycles. The third-order valence-corrected chi connectivity index (χ3v) is 3.57. The number of ether oxygens (including phenoxy) is 1. The Morgan fingerprint density at radius 1 is 1.12 bits per heavy atom. The van der Waals surface area contributed by atoms with Crippen molar-refractivity contribution in [2.45, 2.75) is 13.3 Å². The Bertz CT molecular complexity index is 815. The highest BCUT2D eigenvalue weighted by atomic mass is 16.6. The number of nitro benzene ring substituents is 2. The van der Waals surface area contributed by atoms with E-state index >= 15 is 0 Å². The quantitative estimate of drug-likeness (QED) is 0.481. The molecule has 0 fully saturated rings. The van der Waals surface area contributed by atoms with Crippen molar-refractivity contribution in [1.29, 1.82) is 0 Å². The molecule has 0 bridgehead atoms. The van der Waals surface area contributed by atoms with Crippen LogP contribution in [0.1, 0.15) is 22.8 Å². The predicted octanol–water partition coefficient (Wildman–Crippen LogP) is 3.60. The number of carbonyl (C=O) groups excluding carboxylic acids is 1. The van der Waals surface area contributed by atoms with Crippen LogP contribution < -0.4 is 5.32 Å². The molecule has 25 heavy (non-hydrogen) atoms. The number of hydrogen-bond acceptors (Lipinski definition) is 7. The predicted molar refractivity (Wildman–Crippen MR) is 90.2 cm³/mol. The molecule has 0 amide bonds. The fourth-order valence-electron chi connectivity index (χ4n) is 2.35. The first-order valence-corrected chi connectivity index (χ1v) is 7.29. The van der Waals surface area contributed by atoms with Gasteiger partial charge in [-0.1, -0.05) is 25.1 Å². The molecule has 0 atom stereocenters. The SMILES string of the molecule is CCc1ccccc1Nc1c([N+](=O)[O-])cc(C(=O)OC)cc1[N+](=O)[O-]. The van der Waals surface area contributed by atoms with Crippen LogP contribution in [-0.4, -0.2) is 22.9 Å². The normalized spacial score (nSPS) is 10.2. The minimum Gasteiger partial charge on any atom is -0.465 e. The Balaban J connectivity index is 2.68. The van der Waals surface area contributed by atoms with Gasteiger partial charge in [0.05, 0.1) is 22.5 Å². The Hall–Kier alpha value is -3.49. The number of nitrogens with zero attached hydrogens (tertiary/aromatic N) is 2. The number of carbonyl (C=O) groups is 1. The molecule has 0 unspecified atom stereocenters. The van der Waals surface area contributed by atoms with Gasteiger partial charge in [0, 0.05) is 17.8 Å². The zero-order valence-electron chi connectivity index (χ0n) is 13.5. The van der Waals surface area contributed by atoms with Crippen molar-refractivity contribution in [3.63, 3.8) is 0 Å². The minimum absolute atomic E-state index is 0.268. The van der Waals surface area contributed by atoms with Crippen LogP contribution in [0.3, 0.4) is 0 Å². The number of methoxy groups -OCH3 is 1. The van der Waals surface area contributed by atoms with Crippen molar-refractivity contribution in [2.24, 2.45) is 0 Å². The zero-order chi connectivity index (χ0) is 18.6. The maximum absolute atomic E-state index is 11.6. The summed E-state index contributed by atoms with van der Waals surface area (Å²) in [5, 5.41) is 25.6. The van der Waals surface area contributed by atoms with Crippen LogP contribution in [-0.2, 0) is 11.2 Å². The molecular weight excluding hydrogens is 330 g/mol. The van der Waals surface area contributed by atoms with Crippen molar-refractivity contribution < 1.29 is 19.4 Å². The molecule has 0 spiro atoms. The van der Waals surface area contributed by atoms with Crippen molar-refractivity contribution in [3.05, 3.63) is 67.8 Å². The molecule has 9 heteroatoms. The van der Waals surface area contributed by atoms with E-state index in [2.05, 4.69) is 10.1 Å². The summed E-state index contributed by atoms with van der Waals surface area (Å²) in [5.74, 6) is -0.897. The van der Waals surface area contributed by atoms with Crippen molar-refractivity contribution in [1.82, 2.24) is 0 Å². The van der Waals surface area contributed by atoms with Crippen LogP contribution in [0.25, 0.3) is 0 Å². The number of rotatable bonds is 6. The smallest absolute Gasteiger partial charge is 0.338 e. The van der Waals surface area contributed by atoms with Crippen LogP contribution in [0.2, 0.25) is 0 Å². The Labute approximate surface area is 142 Å². The van der Waals surface area contributed by atoms with Gasteiger partial charge >= 0.3 is 17.3 Å². The van der Waals surface area contributed by atoms with Crippen LogP contribution in [0.4, 0.5) is 22.7 Å². The first-order chi connectivity index (χ1) is 11.9. The summed E-state index contributed by atoms with van der Waals surface area (Å²) in [5.41, 5.74) is -0.370. The molecule has 0 aromatic heterocycles. The largest absolute Gasteiger partial charge is 0.465 e. The lowest BCUT2D eigenvalue weighted by molar-refractivity contribution is -0.392. The molecule has 2 rings (SSSR count). The molecule has 0 aliphatic rings. The first-order valence-electron chi connectivity index (χ1n) is 7.29. The first kappa shape index (κ1) is 17.9. The standard InChI is InChI=1S/C16H15N3O6/c1-3-10-6-4-5-7-12(10)17-15-13(18(21)22)8-11(16(20)25-2)9-14(15)19(23)24/h4-9,17H,3H2,1-2H3. The van der Waals surface area contributed by atoms with Crippen molar-refractivity contribution >= 4 is 28.7 Å². The number of esters is 1. The lowest BCUT2D eigenvalue weighted by Crippen LogP contribution is -2.08. The molecule has 0 saturated heterocycles. The van der Waals surface area contributed by atoms with E-state index in [-0.39, 0.29) is 11.3 Å². The molecule has 130 valence electrons. The molecular formula is C16H15N3O6. The molecule has 2 aromatic carbocycles. The number of anilines is 2. The van der Waals surface area contributed by atoms with Gasteiger partial charge in [0.15, 0.2) is 5.69 Å². The van der Waals surface area contributed by atoms with Crippen LogP contribution >= 0.6 is 0 Å². The van der Waals surface area contributed by atoms with Gasteiger partial charge in [0.1, 0.15) is 0 Å². The van der Waals surface area contributed by atoms with Gasteiger partial charge in [-0.05, 0) is 18.1 Å². The van der Waals surface area contributed by atoms with Gasteiger partial charge in [0.25, 0.3) is 0 Å². The lowest BCUT2D eigenvalue weighted by atomic mass is 10.1. The van der Waals surface area contributed by atoms with Crippen LogP contribution in [0, 0.1) is 20.2 Å². The summed E-state index contributed by atoms with van der Waals surface area (Å²) in [6, 6.07) is 8.89. The summed E-state index contributed by atoms with van der Waals surface area (Å²) in [4.78, 5) is 32.9. The Kier molecular flexibility index (Phi) is 5.28. The number of nitro groups is 2. The van der Waals surface area contributed by atoms with E-state index in [4.69, 9.17) is 0 Å². The van der Waals surface area contributed by atoms with Gasteiger partial charge in [-0.3, -0.25) is 20.2 Å². The maximum atomic E-state index is 11.6. The van der Waals surface area contributed by atoms with Crippen molar-refractivity contribution in [3.8, 4) is 0 Å². The Morgan fingerprint density at radius 2 is 1.68 bits per heavy atom. The number of hydrogen-bond donors (Lipinski definition) is 1. The molecule has 0 aliphatic carbocycles. The fraction of sp³-hybridized carbons (Fsp3) is 0.188. The summed E-state index contributed by atoms with van der Waals surface area (Å²) in [6.07, 6.45) is 0.630. The topological polar surface area (TPSA) is 125 Å². The zero-order valence-corrected chi connectivity index (χ0v) is 13.5. The molecule has 0 heterocycles. The molecule has 2 aromatic rings. The van der Waals surface area contributed by atoms with E-state index in [1.807, 2.05) is 13.0 Å². The second-order valence-corrected chi connectivity index (χ2v) is 5.03. The van der Waals surface area contributed by atoms with E-state index in [1.54, 1.807) is 18.2 Å². The van der Waals surface area contributed by atoms with E-state index < -0.39 is 27.2 Å². The van der Waals surface area contributed by atoms with Gasteiger partial charge in [0.2, 0.25) is 0 Å². The molecule has 9 nitrogen and oxygen atoms in total. The minimum atomic E-state index is -0.897. The second-order valence-electron chi connectivity index (χ2n) is 5.03. The average Bonchev–Trinajstić information content (AvgIpc) is 2.61. The fourth-order valence-corrected chi connectivity index (χ4v) is 2.35. The highest BCUT2D eigenvalue weighted by molar-refractivity contribution is 5.94. The number of nitrogens with one attached hydrogen (secondary N) is 1. The molecule has 0 saturated carbocycles. The molecule has 0 radical (unpaired) electrons. The van der Waals surface area contributed by atoms with Gasteiger partial charge in [-0.15, -0.1) is 0 Å². The monoisotopic (exact) mass is 345 g/mol. The van der Waals surface area contributed by atoms with Crippen LogP contribution in [0.15, 0.2) is 36.4 Å². The number of benzene rings is 2. The third kappa shape index (κ3) is 3.71. The van der Waals surface area contributed by atoms with Gasteiger partial charge < -0.3 is 10.1 Å². The summed E-state index contributed by atoms with van der Waals surface area (Å²) in [7, 11) is 1.09. The van der Waals surface area contributed by atoms with Gasteiger partial charge in [-0.25, -0.2) is 4.79 Å². The van der Waals surface area contributed by atoms with E-state index in [0.717, 1.165) is 24.8 Å². The van der Waals surface area contributed by atoms with E-state index in [9.17, 15) is 25.0 Å². The highest BCUT2D eigenvalue weighted by Crippen LogP contribution is 2.38. The average molecular weight is 345 g/mol. The molecule has 1 N–H and O–H groups in total. The van der Waals surface area contributed by atoms with Crippen molar-refractivity contribution in [2.75, 3.05) is 12.4 Å². The van der Waals surface area contributed by atoms with Crippen LogP contribution in [0.5, 0.6) is 0 Å². The summed E-state index contributed by atoms with van der Waals surface area (Å²) in [6.45, 7) is 1.89. The summed E-state index contributed by atoms with van der Waals surface area (Å²) < 4.78 is 4.50. The summed E-state index contributed by atoms with van der Waals surface area (Å²) >= 11 is 0. The van der Waals surface area contributed by atoms with E-state index in [1.165, 1.54) is 0 Å². The number of aryl methyl sites for hydroxylation is 1.